The average Bonchev–Trinajstić information content (AvgIpc) is 2.85. The summed E-state index contributed by atoms with van der Waals surface area (Å²) in [5, 5.41) is 13.8. The van der Waals surface area contributed by atoms with Crippen molar-refractivity contribution >= 4 is 26.4 Å². The molecule has 1 unspecified atom stereocenters. The second-order valence-corrected chi connectivity index (χ2v) is 27.6. The number of aliphatic hydroxyl groups excluding tert-OH is 1. The summed E-state index contributed by atoms with van der Waals surface area (Å²) in [6, 6.07) is 7.74. The van der Waals surface area contributed by atoms with Gasteiger partial charge in [0.25, 0.3) is 0 Å². The van der Waals surface area contributed by atoms with Gasteiger partial charge in [0.15, 0.2) is 16.6 Å². The van der Waals surface area contributed by atoms with Crippen molar-refractivity contribution in [3.63, 3.8) is 0 Å². The minimum Gasteiger partial charge on any atom is -0.415 e. The SMILES string of the molecule is Cc1ccc(S(=O)(/C=C2\CCCC[C@@H]2[C@H](O)[C@H](C)O[Si](C)(C)C(C)(C)C)=N[C@@H](CO[Si](C)(C)C(C)(C)C)C(C)C)cc1. The summed E-state index contributed by atoms with van der Waals surface area (Å²) in [5.41, 5.74) is 2.18. The molecule has 1 aromatic carbocycles. The highest BCUT2D eigenvalue weighted by Gasteiger charge is 2.42. The quantitative estimate of drug-likeness (QED) is 0.245. The van der Waals surface area contributed by atoms with Crippen molar-refractivity contribution in [3.8, 4) is 0 Å². The van der Waals surface area contributed by atoms with Gasteiger partial charge in [-0.15, -0.1) is 0 Å². The van der Waals surface area contributed by atoms with E-state index in [1.165, 1.54) is 0 Å². The van der Waals surface area contributed by atoms with Crippen LogP contribution in [0.2, 0.25) is 36.3 Å². The summed E-state index contributed by atoms with van der Waals surface area (Å²) in [6.07, 6.45) is 2.80. The lowest BCUT2D eigenvalue weighted by molar-refractivity contribution is 0.00326. The fourth-order valence-electron chi connectivity index (χ4n) is 4.79. The lowest BCUT2D eigenvalue weighted by Crippen LogP contribution is -2.48. The molecule has 5 nitrogen and oxygen atoms in total. The number of rotatable bonds is 11. The van der Waals surface area contributed by atoms with Crippen molar-refractivity contribution in [1.29, 1.82) is 0 Å². The van der Waals surface area contributed by atoms with Gasteiger partial charge < -0.3 is 14.0 Å². The van der Waals surface area contributed by atoms with Crippen molar-refractivity contribution in [3.05, 3.63) is 40.8 Å². The Hall–Kier alpha value is -0.776. The maximum atomic E-state index is 15.1. The normalized spacial score (nSPS) is 22.1. The number of aliphatic hydroxyl groups is 1. The molecule has 5 atom stereocenters. The minimum absolute atomic E-state index is 0.0587. The van der Waals surface area contributed by atoms with E-state index >= 15 is 4.21 Å². The largest absolute Gasteiger partial charge is 0.415 e. The van der Waals surface area contributed by atoms with Crippen LogP contribution in [-0.4, -0.2) is 50.8 Å². The molecule has 1 aromatic rings. The Labute approximate surface area is 261 Å². The van der Waals surface area contributed by atoms with Crippen molar-refractivity contribution in [1.82, 2.24) is 0 Å². The molecule has 0 spiro atoms. The topological polar surface area (TPSA) is 68.1 Å². The van der Waals surface area contributed by atoms with Crippen molar-refractivity contribution < 1.29 is 18.2 Å². The molecule has 42 heavy (non-hydrogen) atoms. The van der Waals surface area contributed by atoms with E-state index in [9.17, 15) is 5.11 Å². The lowest BCUT2D eigenvalue weighted by Gasteiger charge is -2.41. The van der Waals surface area contributed by atoms with Crippen molar-refractivity contribution in [2.45, 2.75) is 154 Å². The van der Waals surface area contributed by atoms with Crippen LogP contribution in [0.15, 0.2) is 44.5 Å². The molecule has 1 fully saturated rings. The van der Waals surface area contributed by atoms with Gasteiger partial charge in [0.2, 0.25) is 0 Å². The fraction of sp³-hybridized carbons (Fsp3) is 0.765. The molecule has 0 saturated heterocycles. The zero-order valence-electron chi connectivity index (χ0n) is 29.3. The molecule has 2 rings (SSSR count). The molecule has 0 radical (unpaired) electrons. The predicted octanol–water partition coefficient (Wildman–Crippen LogP) is 9.71. The van der Waals surface area contributed by atoms with Gasteiger partial charge in [-0.05, 0) is 87.4 Å². The van der Waals surface area contributed by atoms with E-state index < -0.39 is 32.5 Å². The van der Waals surface area contributed by atoms with Gasteiger partial charge in [0.05, 0.1) is 39.5 Å². The van der Waals surface area contributed by atoms with Crippen LogP contribution >= 0.6 is 0 Å². The Kier molecular flexibility index (Phi) is 12.6. The second-order valence-electron chi connectivity index (χ2n) is 16.0. The molecular formula is C34H63NO4SSi2. The summed E-state index contributed by atoms with van der Waals surface area (Å²) < 4.78 is 33.5. The van der Waals surface area contributed by atoms with Crippen LogP contribution in [0.4, 0.5) is 0 Å². The number of hydrogen-bond donors (Lipinski definition) is 1. The van der Waals surface area contributed by atoms with Gasteiger partial charge in [0.1, 0.15) is 0 Å². The van der Waals surface area contributed by atoms with E-state index in [-0.39, 0.29) is 34.1 Å². The molecule has 1 saturated carbocycles. The predicted molar refractivity (Wildman–Crippen MR) is 186 cm³/mol. The van der Waals surface area contributed by atoms with Gasteiger partial charge in [-0.25, -0.2) is 8.57 Å². The first-order valence-corrected chi connectivity index (χ1v) is 23.4. The Morgan fingerprint density at radius 2 is 1.52 bits per heavy atom. The summed E-state index contributed by atoms with van der Waals surface area (Å²) in [4.78, 5) is 0.725. The third kappa shape index (κ3) is 9.61. The number of benzene rings is 1. The Bertz CT molecular complexity index is 1170. The Morgan fingerprint density at radius 1 is 0.976 bits per heavy atom. The zero-order valence-corrected chi connectivity index (χ0v) is 32.2. The fourth-order valence-corrected chi connectivity index (χ4v) is 9.49. The van der Waals surface area contributed by atoms with Crippen LogP contribution < -0.4 is 0 Å². The molecule has 0 aromatic heterocycles. The van der Waals surface area contributed by atoms with Gasteiger partial charge in [-0.1, -0.05) is 85.1 Å². The lowest BCUT2D eigenvalue weighted by atomic mass is 9.80. The third-order valence-corrected chi connectivity index (χ3v) is 21.3. The maximum absolute atomic E-state index is 15.1. The van der Waals surface area contributed by atoms with Crippen LogP contribution in [0.1, 0.15) is 93.6 Å². The van der Waals surface area contributed by atoms with E-state index in [0.29, 0.717) is 6.61 Å². The summed E-state index contributed by atoms with van der Waals surface area (Å²) in [7, 11) is -6.99. The molecule has 1 N–H and O–H groups in total. The van der Waals surface area contributed by atoms with Gasteiger partial charge in [-0.2, -0.15) is 0 Å². The van der Waals surface area contributed by atoms with Crippen LogP contribution in [0, 0.1) is 18.8 Å². The highest BCUT2D eigenvalue weighted by atomic mass is 32.2. The number of nitrogens with zero attached hydrogens (tertiary/aromatic N) is 1. The van der Waals surface area contributed by atoms with Crippen molar-refractivity contribution in [2.75, 3.05) is 6.61 Å². The molecule has 0 amide bonds. The Balaban J connectivity index is 2.58. The average molecular weight is 638 g/mol. The molecule has 0 heterocycles. The monoisotopic (exact) mass is 637 g/mol. The molecule has 242 valence electrons. The van der Waals surface area contributed by atoms with Crippen molar-refractivity contribution in [2.24, 2.45) is 16.2 Å². The standard InChI is InChI=1S/C34H63NO4SSi2/c1-25(2)31(23-38-41(11,12)33(5,6)7)35-40(37,29-21-19-26(3)20-22-29)24-28-17-15-16-18-30(28)32(36)27(4)39-42(13,14)34(8,9)10/h19-22,24-25,27,30-32,36H,15-18,23H2,1-14H3/b28-24+/t27-,30-,31-,32+,40?/m0/s1. The van der Waals surface area contributed by atoms with Gasteiger partial charge in [-0.3, -0.25) is 0 Å². The number of hydrogen-bond acceptors (Lipinski definition) is 5. The molecule has 0 bridgehead atoms. The first kappa shape index (κ1) is 37.4. The first-order valence-electron chi connectivity index (χ1n) is 16.0. The Morgan fingerprint density at radius 3 is 2.02 bits per heavy atom. The third-order valence-electron chi connectivity index (χ3n) is 10.0. The maximum Gasteiger partial charge on any atom is 0.192 e. The first-order chi connectivity index (χ1) is 19.0. The van der Waals surface area contributed by atoms with Crippen LogP contribution in [0.5, 0.6) is 0 Å². The molecule has 1 aliphatic rings. The van der Waals surface area contributed by atoms with Gasteiger partial charge >= 0.3 is 0 Å². The molecule has 1 aliphatic carbocycles. The van der Waals surface area contributed by atoms with E-state index in [2.05, 4.69) is 81.6 Å². The second kappa shape index (κ2) is 14.1. The minimum atomic E-state index is -2.93. The van der Waals surface area contributed by atoms with Crippen LogP contribution in [0.3, 0.4) is 0 Å². The van der Waals surface area contributed by atoms with Crippen LogP contribution in [-0.2, 0) is 18.6 Å². The van der Waals surface area contributed by atoms with E-state index in [1.807, 2.05) is 43.5 Å². The zero-order chi connectivity index (χ0) is 32.3. The highest BCUT2D eigenvalue weighted by molar-refractivity contribution is 7.96. The van der Waals surface area contributed by atoms with Gasteiger partial charge in [0, 0.05) is 11.3 Å². The molecular weight excluding hydrogens is 575 g/mol. The summed E-state index contributed by atoms with van der Waals surface area (Å²) >= 11 is 0. The smallest absolute Gasteiger partial charge is 0.192 e. The highest BCUT2D eigenvalue weighted by Crippen LogP contribution is 2.41. The van der Waals surface area contributed by atoms with E-state index in [1.54, 1.807) is 0 Å². The number of aryl methyl sites for hydroxylation is 1. The summed E-state index contributed by atoms with van der Waals surface area (Å²) in [5.74, 6) is 0.0752. The summed E-state index contributed by atoms with van der Waals surface area (Å²) in [6.45, 7) is 31.2. The van der Waals surface area contributed by atoms with E-state index in [4.69, 9.17) is 13.2 Å². The molecule has 8 heteroatoms. The van der Waals surface area contributed by atoms with E-state index in [0.717, 1.165) is 41.7 Å². The molecule has 0 aliphatic heterocycles. The van der Waals surface area contributed by atoms with Crippen LogP contribution in [0.25, 0.3) is 0 Å².